The zero-order valence-electron chi connectivity index (χ0n) is 17.5. The molecule has 0 aliphatic heterocycles. The van der Waals surface area contributed by atoms with Gasteiger partial charge in [0.15, 0.2) is 0 Å². The van der Waals surface area contributed by atoms with Gasteiger partial charge in [0, 0.05) is 0 Å². The third-order valence-electron chi connectivity index (χ3n) is 5.80. The van der Waals surface area contributed by atoms with Crippen LogP contribution in [0.25, 0.3) is 0 Å². The van der Waals surface area contributed by atoms with Gasteiger partial charge in [0.1, 0.15) is 0 Å². The SMILES string of the molecule is O=[N+]([O-])c1ccc(CP(Br)(c2ccccc2)(c2ccccc2)c2ccccc2)cc1[N+](=O)[O-]. The Kier molecular flexibility index (Phi) is 6.11. The summed E-state index contributed by atoms with van der Waals surface area (Å²) in [5.74, 6) is 0. The number of rotatable bonds is 7. The normalized spacial score (nSPS) is 12.5. The van der Waals surface area contributed by atoms with Crippen LogP contribution >= 0.6 is 20.8 Å². The molecule has 0 aliphatic rings. The number of nitrogens with zero attached hydrogens (tertiary/aromatic N) is 2. The van der Waals surface area contributed by atoms with Gasteiger partial charge in [0.2, 0.25) is 0 Å². The van der Waals surface area contributed by atoms with Crippen LogP contribution in [0.4, 0.5) is 11.4 Å². The molecule has 6 nitrogen and oxygen atoms in total. The second-order valence-electron chi connectivity index (χ2n) is 7.68. The van der Waals surface area contributed by atoms with Gasteiger partial charge in [-0.3, -0.25) is 0 Å². The summed E-state index contributed by atoms with van der Waals surface area (Å²) in [7, 11) is 0. The monoisotopic (exact) mass is 522 g/mol. The average Bonchev–Trinajstić information content (AvgIpc) is 2.85. The molecule has 0 N–H and O–H groups in total. The Hall–Kier alpha value is -3.41. The second kappa shape index (κ2) is 8.85. The third-order valence-corrected chi connectivity index (χ3v) is 15.3. The van der Waals surface area contributed by atoms with Crippen molar-refractivity contribution >= 4 is 48.1 Å². The molecule has 8 heteroatoms. The number of benzene rings is 4. The fraction of sp³-hybridized carbons (Fsp3) is 0.0400. The van der Waals surface area contributed by atoms with Crippen LogP contribution in [-0.2, 0) is 6.16 Å². The Morgan fingerprint density at radius 1 is 0.606 bits per heavy atom. The molecule has 0 fully saturated rings. The van der Waals surface area contributed by atoms with Crippen molar-refractivity contribution in [3.8, 4) is 0 Å². The number of hydrogen-bond acceptors (Lipinski definition) is 4. The number of nitro benzene ring substituents is 2. The summed E-state index contributed by atoms with van der Waals surface area (Å²) in [5.41, 5.74) is -0.389. The first kappa shape index (κ1) is 22.8. The molecule has 0 atom stereocenters. The van der Waals surface area contributed by atoms with Gasteiger partial charge >= 0.3 is 199 Å². The minimum absolute atomic E-state index is 0.405. The second-order valence-corrected chi connectivity index (χ2v) is 16.6. The molecular formula is C25H20BrN2O4P. The maximum absolute atomic E-state index is 11.6. The van der Waals surface area contributed by atoms with Gasteiger partial charge in [0.25, 0.3) is 0 Å². The Bertz CT molecular complexity index is 1220. The van der Waals surface area contributed by atoms with Crippen LogP contribution < -0.4 is 15.9 Å². The summed E-state index contributed by atoms with van der Waals surface area (Å²) in [5, 5.41) is 22.8. The summed E-state index contributed by atoms with van der Waals surface area (Å²) in [6.45, 7) is 0. The van der Waals surface area contributed by atoms with Crippen molar-refractivity contribution in [2.24, 2.45) is 0 Å². The molecule has 0 amide bonds. The van der Waals surface area contributed by atoms with Crippen molar-refractivity contribution in [2.75, 3.05) is 0 Å². The molecule has 0 aromatic heterocycles. The molecule has 0 unspecified atom stereocenters. The molecule has 166 valence electrons. The first-order valence-electron chi connectivity index (χ1n) is 10.2. The van der Waals surface area contributed by atoms with Crippen LogP contribution in [0, 0.1) is 20.2 Å². The molecule has 0 saturated carbocycles. The standard InChI is InChI=1S/C25H20BrN2O4P/c26-33(21-10-4-1-5-11-21,22-12-6-2-7-13-22,23-14-8-3-9-15-23)19-20-16-17-24(27(29)30)25(18-20)28(31)32/h1-18H,19H2. The molecule has 0 aliphatic carbocycles. The van der Waals surface area contributed by atoms with E-state index in [4.69, 9.17) is 0 Å². The molecule has 0 heterocycles. The number of halogens is 1. The predicted octanol–water partition coefficient (Wildman–Crippen LogP) is 5.84. The molecule has 4 rings (SSSR count). The summed E-state index contributed by atoms with van der Waals surface area (Å²) >= 11 is 4.29. The first-order valence-corrected chi connectivity index (χ1v) is 14.6. The Labute approximate surface area is 198 Å². The van der Waals surface area contributed by atoms with Crippen molar-refractivity contribution in [1.82, 2.24) is 0 Å². The summed E-state index contributed by atoms with van der Waals surface area (Å²) in [6, 6.07) is 34.2. The summed E-state index contributed by atoms with van der Waals surface area (Å²) in [4.78, 5) is 21.6. The number of hydrogen-bond donors (Lipinski definition) is 0. The van der Waals surface area contributed by atoms with E-state index in [-0.39, 0.29) is 0 Å². The maximum atomic E-state index is 11.6. The molecule has 4 aromatic carbocycles. The molecule has 0 radical (unpaired) electrons. The topological polar surface area (TPSA) is 86.3 Å². The van der Waals surface area contributed by atoms with Gasteiger partial charge in [0.05, 0.1) is 0 Å². The van der Waals surface area contributed by atoms with E-state index in [2.05, 4.69) is 51.9 Å². The summed E-state index contributed by atoms with van der Waals surface area (Å²) < 4.78 is 0. The average molecular weight is 523 g/mol. The summed E-state index contributed by atoms with van der Waals surface area (Å²) in [6.07, 6.45) is 0.405. The van der Waals surface area contributed by atoms with Crippen molar-refractivity contribution in [3.63, 3.8) is 0 Å². The van der Waals surface area contributed by atoms with E-state index < -0.39 is 26.5 Å². The van der Waals surface area contributed by atoms with Crippen molar-refractivity contribution < 1.29 is 9.85 Å². The molecule has 0 saturated heterocycles. The predicted molar refractivity (Wildman–Crippen MR) is 138 cm³/mol. The van der Waals surface area contributed by atoms with Crippen LogP contribution in [0.3, 0.4) is 0 Å². The van der Waals surface area contributed by atoms with Crippen LogP contribution in [-0.4, -0.2) is 9.85 Å². The van der Waals surface area contributed by atoms with Crippen LogP contribution in [0.15, 0.2) is 109 Å². The van der Waals surface area contributed by atoms with Gasteiger partial charge in [-0.05, 0) is 0 Å². The van der Waals surface area contributed by atoms with Crippen LogP contribution in [0.2, 0.25) is 0 Å². The fourth-order valence-corrected chi connectivity index (χ4v) is 12.0. The van der Waals surface area contributed by atoms with Gasteiger partial charge in [-0.25, -0.2) is 0 Å². The third kappa shape index (κ3) is 3.94. The first-order chi connectivity index (χ1) is 15.8. The zero-order chi connectivity index (χ0) is 23.5. The van der Waals surface area contributed by atoms with Crippen molar-refractivity contribution in [3.05, 3.63) is 135 Å². The van der Waals surface area contributed by atoms with E-state index in [0.717, 1.165) is 15.9 Å². The quantitative estimate of drug-likeness (QED) is 0.173. The van der Waals surface area contributed by atoms with E-state index in [1.54, 1.807) is 6.07 Å². The zero-order valence-corrected chi connectivity index (χ0v) is 19.9. The van der Waals surface area contributed by atoms with E-state index in [1.165, 1.54) is 12.1 Å². The van der Waals surface area contributed by atoms with Crippen molar-refractivity contribution in [2.45, 2.75) is 6.16 Å². The molecule has 0 spiro atoms. The van der Waals surface area contributed by atoms with E-state index in [9.17, 15) is 20.2 Å². The molecule has 33 heavy (non-hydrogen) atoms. The minimum atomic E-state index is -3.37. The Balaban J connectivity index is 2.06. The number of nitro groups is 2. The molecule has 0 bridgehead atoms. The van der Waals surface area contributed by atoms with Gasteiger partial charge in [-0.2, -0.15) is 0 Å². The van der Waals surface area contributed by atoms with E-state index in [0.29, 0.717) is 11.7 Å². The Morgan fingerprint density at radius 2 is 1.00 bits per heavy atom. The Morgan fingerprint density at radius 3 is 1.36 bits per heavy atom. The fourth-order valence-electron chi connectivity index (χ4n) is 4.25. The molecule has 4 aromatic rings. The van der Waals surface area contributed by atoms with Gasteiger partial charge < -0.3 is 0 Å². The van der Waals surface area contributed by atoms with E-state index >= 15 is 0 Å². The van der Waals surface area contributed by atoms with Gasteiger partial charge in [-0.15, -0.1) is 0 Å². The van der Waals surface area contributed by atoms with Crippen molar-refractivity contribution in [1.29, 1.82) is 0 Å². The van der Waals surface area contributed by atoms with Gasteiger partial charge in [-0.1, -0.05) is 0 Å². The molecular weight excluding hydrogens is 503 g/mol. The van der Waals surface area contributed by atoms with Crippen LogP contribution in [0.1, 0.15) is 5.56 Å². The van der Waals surface area contributed by atoms with Crippen LogP contribution in [0.5, 0.6) is 0 Å². The van der Waals surface area contributed by atoms with E-state index in [1.807, 2.05) is 54.6 Å².